The average Bonchev–Trinajstić information content (AvgIpc) is 2.90. The molecule has 0 atom stereocenters. The van der Waals surface area contributed by atoms with E-state index in [-0.39, 0.29) is 11.5 Å². The van der Waals surface area contributed by atoms with Crippen LogP contribution in [0, 0.1) is 0 Å². The number of pyridine rings is 2. The van der Waals surface area contributed by atoms with Crippen LogP contribution in [0.1, 0.15) is 0 Å². The monoisotopic (exact) mass is 508 g/mol. The minimum atomic E-state index is 0.0415. The largest absolute Gasteiger partial charge is 0.507 e. The van der Waals surface area contributed by atoms with Gasteiger partial charge in [0.05, 0.1) is 0 Å². The number of benzene rings is 4. The third-order valence-electron chi connectivity index (χ3n) is 6.39. The molecule has 0 aliphatic carbocycles. The summed E-state index contributed by atoms with van der Waals surface area (Å²) in [4.78, 5) is 8.21. The van der Waals surface area contributed by atoms with Crippen LogP contribution in [0.25, 0.3) is 54.9 Å². The minimum absolute atomic E-state index is 0.0415. The van der Waals surface area contributed by atoms with E-state index < -0.39 is 0 Å². The zero-order valence-corrected chi connectivity index (χ0v) is 20.3. The van der Waals surface area contributed by atoms with Crippen LogP contribution >= 0.6 is 23.2 Å². The lowest BCUT2D eigenvalue weighted by atomic mass is 9.87. The molecule has 6 aromatic rings. The van der Waals surface area contributed by atoms with E-state index in [4.69, 9.17) is 23.2 Å². The molecular formula is C30H18Cl2N2O2. The first-order valence-corrected chi connectivity index (χ1v) is 12.0. The Hall–Kier alpha value is -4.12. The summed E-state index contributed by atoms with van der Waals surface area (Å²) in [6.07, 6.45) is 6.82. The van der Waals surface area contributed by atoms with Crippen molar-refractivity contribution in [2.45, 2.75) is 0 Å². The Morgan fingerprint density at radius 2 is 0.861 bits per heavy atom. The first-order valence-electron chi connectivity index (χ1n) is 11.2. The Morgan fingerprint density at radius 1 is 0.472 bits per heavy atom. The molecule has 0 aliphatic heterocycles. The van der Waals surface area contributed by atoms with Crippen molar-refractivity contribution in [3.8, 4) is 44.9 Å². The molecule has 36 heavy (non-hydrogen) atoms. The molecule has 0 saturated heterocycles. The summed E-state index contributed by atoms with van der Waals surface area (Å²) in [6, 6.07) is 22.0. The van der Waals surface area contributed by atoms with E-state index in [1.54, 1.807) is 49.1 Å². The van der Waals surface area contributed by atoms with E-state index in [1.807, 2.05) is 48.5 Å². The van der Waals surface area contributed by atoms with Crippen molar-refractivity contribution in [2.75, 3.05) is 0 Å². The summed E-state index contributed by atoms with van der Waals surface area (Å²) in [5.41, 5.74) is 4.46. The second-order valence-electron chi connectivity index (χ2n) is 8.49. The number of phenolic OH excluding ortho intramolecular Hbond substituents is 2. The standard InChI is InChI=1S/C30H18Cl2N2O2/c31-19-1-3-21-25(13-19)23(17-5-9-33-10-6-17)15-27(35)29(21)30-22-4-2-20(32)14-26(22)24(16-28(30)36)18-7-11-34-12-8-18/h1-16,35-36H. The van der Waals surface area contributed by atoms with Gasteiger partial charge >= 0.3 is 0 Å². The van der Waals surface area contributed by atoms with Crippen molar-refractivity contribution in [3.63, 3.8) is 0 Å². The first kappa shape index (κ1) is 22.4. The molecule has 0 bridgehead atoms. The van der Waals surface area contributed by atoms with Gasteiger partial charge in [-0.2, -0.15) is 0 Å². The molecular weight excluding hydrogens is 491 g/mol. The number of hydrogen-bond acceptors (Lipinski definition) is 4. The summed E-state index contributed by atoms with van der Waals surface area (Å²) in [5, 5.41) is 27.2. The van der Waals surface area contributed by atoms with Gasteiger partial charge in [0.2, 0.25) is 0 Å². The predicted molar refractivity (Wildman–Crippen MR) is 147 cm³/mol. The second-order valence-corrected chi connectivity index (χ2v) is 9.36. The fourth-order valence-electron chi connectivity index (χ4n) is 4.83. The smallest absolute Gasteiger partial charge is 0.124 e. The molecule has 6 heteroatoms. The number of fused-ring (bicyclic) bond motifs is 2. The van der Waals surface area contributed by atoms with Crippen LogP contribution in [0.5, 0.6) is 11.5 Å². The number of nitrogens with zero attached hydrogens (tertiary/aromatic N) is 2. The van der Waals surface area contributed by atoms with Crippen LogP contribution in [0.4, 0.5) is 0 Å². The molecule has 0 radical (unpaired) electrons. The molecule has 0 aliphatic rings. The van der Waals surface area contributed by atoms with Crippen LogP contribution in [-0.2, 0) is 0 Å². The molecule has 0 amide bonds. The van der Waals surface area contributed by atoms with E-state index in [2.05, 4.69) is 9.97 Å². The molecule has 2 heterocycles. The van der Waals surface area contributed by atoms with Gasteiger partial charge in [-0.25, -0.2) is 0 Å². The van der Waals surface area contributed by atoms with Crippen LogP contribution in [0.3, 0.4) is 0 Å². The van der Waals surface area contributed by atoms with E-state index in [0.29, 0.717) is 21.2 Å². The first-order chi connectivity index (χ1) is 17.5. The van der Waals surface area contributed by atoms with Crippen LogP contribution in [-0.4, -0.2) is 20.2 Å². The van der Waals surface area contributed by atoms with Gasteiger partial charge in [0, 0.05) is 46.0 Å². The fourth-order valence-corrected chi connectivity index (χ4v) is 5.17. The zero-order chi connectivity index (χ0) is 24.8. The van der Waals surface area contributed by atoms with Crippen molar-refractivity contribution in [1.82, 2.24) is 9.97 Å². The minimum Gasteiger partial charge on any atom is -0.507 e. The summed E-state index contributed by atoms with van der Waals surface area (Å²) in [5.74, 6) is 0.0830. The molecule has 4 aromatic carbocycles. The Bertz CT molecular complexity index is 1640. The summed E-state index contributed by atoms with van der Waals surface area (Å²) in [7, 11) is 0. The highest BCUT2D eigenvalue weighted by Gasteiger charge is 2.22. The highest BCUT2D eigenvalue weighted by Crippen LogP contribution is 2.49. The normalized spacial score (nSPS) is 11.3. The lowest BCUT2D eigenvalue weighted by Crippen LogP contribution is -1.92. The molecule has 0 saturated carbocycles. The van der Waals surface area contributed by atoms with Gasteiger partial charge in [-0.15, -0.1) is 0 Å². The van der Waals surface area contributed by atoms with Gasteiger partial charge in [0.25, 0.3) is 0 Å². The van der Waals surface area contributed by atoms with Gasteiger partial charge in [-0.1, -0.05) is 35.3 Å². The number of hydrogen-bond donors (Lipinski definition) is 2. The van der Waals surface area contributed by atoms with Crippen molar-refractivity contribution in [3.05, 3.63) is 108 Å². The molecule has 4 nitrogen and oxygen atoms in total. The maximum Gasteiger partial charge on any atom is 0.124 e. The van der Waals surface area contributed by atoms with Crippen molar-refractivity contribution in [1.29, 1.82) is 0 Å². The molecule has 0 unspecified atom stereocenters. The molecule has 6 rings (SSSR count). The topological polar surface area (TPSA) is 66.2 Å². The molecule has 2 aromatic heterocycles. The molecule has 0 spiro atoms. The van der Waals surface area contributed by atoms with E-state index in [0.717, 1.165) is 43.8 Å². The van der Waals surface area contributed by atoms with Gasteiger partial charge in [0.1, 0.15) is 11.5 Å². The fraction of sp³-hybridized carbons (Fsp3) is 0. The zero-order valence-electron chi connectivity index (χ0n) is 18.8. The average molecular weight is 509 g/mol. The SMILES string of the molecule is Oc1cc(-c2ccncc2)c2cc(Cl)ccc2c1-c1c(O)cc(-c2ccncc2)c2cc(Cl)ccc12. The number of phenols is 2. The Kier molecular flexibility index (Phi) is 5.48. The summed E-state index contributed by atoms with van der Waals surface area (Å²) < 4.78 is 0. The van der Waals surface area contributed by atoms with Crippen molar-refractivity contribution in [2.24, 2.45) is 0 Å². The highest BCUT2D eigenvalue weighted by molar-refractivity contribution is 6.32. The quantitative estimate of drug-likeness (QED) is 0.251. The Balaban J connectivity index is 1.72. The lowest BCUT2D eigenvalue weighted by Gasteiger charge is -2.19. The van der Waals surface area contributed by atoms with Gasteiger partial charge in [-0.3, -0.25) is 9.97 Å². The van der Waals surface area contributed by atoms with E-state index >= 15 is 0 Å². The summed E-state index contributed by atoms with van der Waals surface area (Å²) in [6.45, 7) is 0. The molecule has 0 fully saturated rings. The Morgan fingerprint density at radius 3 is 1.25 bits per heavy atom. The van der Waals surface area contributed by atoms with Crippen LogP contribution in [0.15, 0.2) is 97.6 Å². The summed E-state index contributed by atoms with van der Waals surface area (Å²) >= 11 is 12.8. The number of aromatic hydroxyl groups is 2. The Labute approximate surface area is 217 Å². The number of aromatic nitrogens is 2. The van der Waals surface area contributed by atoms with Crippen LogP contribution < -0.4 is 0 Å². The third-order valence-corrected chi connectivity index (χ3v) is 6.86. The van der Waals surface area contributed by atoms with E-state index in [9.17, 15) is 10.2 Å². The van der Waals surface area contributed by atoms with Gasteiger partial charge in [-0.05, 0) is 104 Å². The maximum atomic E-state index is 11.4. The molecule has 174 valence electrons. The maximum absolute atomic E-state index is 11.4. The van der Waals surface area contributed by atoms with Crippen LogP contribution in [0.2, 0.25) is 10.0 Å². The van der Waals surface area contributed by atoms with Crippen molar-refractivity contribution < 1.29 is 10.2 Å². The third kappa shape index (κ3) is 3.72. The lowest BCUT2D eigenvalue weighted by molar-refractivity contribution is 0.470. The van der Waals surface area contributed by atoms with Gasteiger partial charge in [0.15, 0.2) is 0 Å². The van der Waals surface area contributed by atoms with Crippen molar-refractivity contribution >= 4 is 44.7 Å². The van der Waals surface area contributed by atoms with E-state index in [1.165, 1.54) is 0 Å². The second kappa shape index (κ2) is 8.83. The van der Waals surface area contributed by atoms with Gasteiger partial charge < -0.3 is 10.2 Å². The number of halogens is 2. The predicted octanol–water partition coefficient (Wildman–Crippen LogP) is 8.50. The molecule has 2 N–H and O–H groups in total. The highest BCUT2D eigenvalue weighted by atomic mass is 35.5. The number of rotatable bonds is 3.